The zero-order valence-electron chi connectivity index (χ0n) is 13.5. The van der Waals surface area contributed by atoms with Crippen LogP contribution in [-0.2, 0) is 11.2 Å². The Labute approximate surface area is 132 Å². The molecule has 1 aliphatic heterocycles. The largest absolute Gasteiger partial charge is 0.493 e. The van der Waals surface area contributed by atoms with Gasteiger partial charge in [0.2, 0.25) is 5.91 Å². The number of benzene rings is 1. The SMILES string of the molecule is COc1ccc(CCCNC(=O)C2CCCNC2)cc1OC. The number of amides is 1. The monoisotopic (exact) mass is 306 g/mol. The van der Waals surface area contributed by atoms with Crippen molar-refractivity contribution in [2.45, 2.75) is 25.7 Å². The van der Waals surface area contributed by atoms with E-state index in [1.54, 1.807) is 14.2 Å². The van der Waals surface area contributed by atoms with Crippen molar-refractivity contribution in [2.24, 2.45) is 5.92 Å². The first-order valence-electron chi connectivity index (χ1n) is 7.94. The van der Waals surface area contributed by atoms with Crippen LogP contribution < -0.4 is 20.1 Å². The van der Waals surface area contributed by atoms with Gasteiger partial charge in [0.25, 0.3) is 0 Å². The molecule has 1 fully saturated rings. The molecule has 1 aromatic carbocycles. The summed E-state index contributed by atoms with van der Waals surface area (Å²) < 4.78 is 10.5. The minimum absolute atomic E-state index is 0.134. The van der Waals surface area contributed by atoms with E-state index in [-0.39, 0.29) is 11.8 Å². The van der Waals surface area contributed by atoms with E-state index in [0.717, 1.165) is 50.3 Å². The van der Waals surface area contributed by atoms with Crippen LogP contribution in [0.4, 0.5) is 0 Å². The maximum atomic E-state index is 12.0. The van der Waals surface area contributed by atoms with Gasteiger partial charge in [-0.3, -0.25) is 4.79 Å². The number of methoxy groups -OCH3 is 2. The maximum absolute atomic E-state index is 12.0. The van der Waals surface area contributed by atoms with E-state index in [2.05, 4.69) is 10.6 Å². The molecular formula is C17H26N2O3. The molecule has 1 amide bonds. The zero-order chi connectivity index (χ0) is 15.8. The van der Waals surface area contributed by atoms with Crippen LogP contribution >= 0.6 is 0 Å². The normalized spacial score (nSPS) is 17.8. The van der Waals surface area contributed by atoms with Crippen LogP contribution in [0, 0.1) is 5.92 Å². The number of hydrogen-bond acceptors (Lipinski definition) is 4. The highest BCUT2D eigenvalue weighted by Crippen LogP contribution is 2.27. The number of piperidine rings is 1. The molecule has 1 aromatic rings. The second-order valence-corrected chi connectivity index (χ2v) is 5.63. The molecule has 2 rings (SSSR count). The third-order valence-corrected chi connectivity index (χ3v) is 4.06. The Balaban J connectivity index is 1.73. The molecule has 1 atom stereocenters. The molecule has 5 nitrogen and oxygen atoms in total. The van der Waals surface area contributed by atoms with Gasteiger partial charge in [-0.15, -0.1) is 0 Å². The van der Waals surface area contributed by atoms with Gasteiger partial charge >= 0.3 is 0 Å². The van der Waals surface area contributed by atoms with E-state index < -0.39 is 0 Å². The molecule has 1 aliphatic rings. The Morgan fingerprint density at radius 1 is 1.32 bits per heavy atom. The molecule has 0 radical (unpaired) electrons. The Hall–Kier alpha value is -1.75. The van der Waals surface area contributed by atoms with Gasteiger partial charge in [-0.1, -0.05) is 6.07 Å². The molecule has 0 spiro atoms. The summed E-state index contributed by atoms with van der Waals surface area (Å²) in [5.41, 5.74) is 1.19. The molecule has 5 heteroatoms. The highest BCUT2D eigenvalue weighted by molar-refractivity contribution is 5.78. The molecule has 1 unspecified atom stereocenters. The summed E-state index contributed by atoms with van der Waals surface area (Å²) in [5.74, 6) is 1.80. The summed E-state index contributed by atoms with van der Waals surface area (Å²) in [7, 11) is 3.27. The topological polar surface area (TPSA) is 59.6 Å². The summed E-state index contributed by atoms with van der Waals surface area (Å²) >= 11 is 0. The first kappa shape index (κ1) is 16.6. The second-order valence-electron chi connectivity index (χ2n) is 5.63. The van der Waals surface area contributed by atoms with Gasteiger partial charge < -0.3 is 20.1 Å². The van der Waals surface area contributed by atoms with Crippen molar-refractivity contribution in [3.63, 3.8) is 0 Å². The highest BCUT2D eigenvalue weighted by atomic mass is 16.5. The summed E-state index contributed by atoms with van der Waals surface area (Å²) in [5, 5.41) is 6.31. The van der Waals surface area contributed by atoms with Crippen molar-refractivity contribution >= 4 is 5.91 Å². The lowest BCUT2D eigenvalue weighted by molar-refractivity contribution is -0.125. The average molecular weight is 306 g/mol. The van der Waals surface area contributed by atoms with E-state index in [4.69, 9.17) is 9.47 Å². The number of hydrogen-bond donors (Lipinski definition) is 2. The standard InChI is InChI=1S/C17H26N2O3/c1-21-15-8-7-13(11-16(15)22-2)5-3-10-19-17(20)14-6-4-9-18-12-14/h7-8,11,14,18H,3-6,9-10,12H2,1-2H3,(H,19,20). The van der Waals surface area contributed by atoms with Crippen LogP contribution in [0.1, 0.15) is 24.8 Å². The Bertz CT molecular complexity index is 485. The molecule has 1 saturated heterocycles. The molecule has 0 aliphatic carbocycles. The maximum Gasteiger partial charge on any atom is 0.224 e. The predicted octanol–water partition coefficient (Wildman–Crippen LogP) is 1.75. The fourth-order valence-corrected chi connectivity index (χ4v) is 2.76. The predicted molar refractivity (Wildman–Crippen MR) is 86.5 cm³/mol. The van der Waals surface area contributed by atoms with Crippen molar-refractivity contribution in [3.8, 4) is 11.5 Å². The minimum Gasteiger partial charge on any atom is -0.493 e. The minimum atomic E-state index is 0.134. The second kappa shape index (κ2) is 8.63. The molecule has 1 heterocycles. The lowest BCUT2D eigenvalue weighted by Gasteiger charge is -2.21. The lowest BCUT2D eigenvalue weighted by atomic mass is 9.99. The smallest absolute Gasteiger partial charge is 0.224 e. The molecule has 0 saturated carbocycles. The van der Waals surface area contributed by atoms with Gasteiger partial charge in [0.1, 0.15) is 0 Å². The van der Waals surface area contributed by atoms with Crippen molar-refractivity contribution in [1.82, 2.24) is 10.6 Å². The molecule has 122 valence electrons. The number of rotatable bonds is 7. The van der Waals surface area contributed by atoms with E-state index in [1.165, 1.54) is 5.56 Å². The van der Waals surface area contributed by atoms with Crippen LogP contribution in [0.25, 0.3) is 0 Å². The first-order valence-corrected chi connectivity index (χ1v) is 7.94. The number of ether oxygens (including phenoxy) is 2. The lowest BCUT2D eigenvalue weighted by Crippen LogP contribution is -2.40. The van der Waals surface area contributed by atoms with Gasteiger partial charge in [0.15, 0.2) is 11.5 Å². The van der Waals surface area contributed by atoms with Gasteiger partial charge in [-0.25, -0.2) is 0 Å². The van der Waals surface area contributed by atoms with Gasteiger partial charge in [0.05, 0.1) is 20.1 Å². The third-order valence-electron chi connectivity index (χ3n) is 4.06. The van der Waals surface area contributed by atoms with Crippen molar-refractivity contribution in [3.05, 3.63) is 23.8 Å². The molecular weight excluding hydrogens is 280 g/mol. The van der Waals surface area contributed by atoms with E-state index in [1.807, 2.05) is 18.2 Å². The Morgan fingerprint density at radius 3 is 2.82 bits per heavy atom. The third kappa shape index (κ3) is 4.63. The molecule has 2 N–H and O–H groups in total. The zero-order valence-corrected chi connectivity index (χ0v) is 13.5. The highest BCUT2D eigenvalue weighted by Gasteiger charge is 2.20. The Morgan fingerprint density at radius 2 is 2.14 bits per heavy atom. The number of nitrogens with one attached hydrogen (secondary N) is 2. The van der Waals surface area contributed by atoms with Crippen LogP contribution in [0.5, 0.6) is 11.5 Å². The van der Waals surface area contributed by atoms with Crippen molar-refractivity contribution in [2.75, 3.05) is 33.9 Å². The fourth-order valence-electron chi connectivity index (χ4n) is 2.76. The summed E-state index contributed by atoms with van der Waals surface area (Å²) in [6.45, 7) is 2.55. The summed E-state index contributed by atoms with van der Waals surface area (Å²) in [6.07, 6.45) is 3.91. The first-order chi connectivity index (χ1) is 10.7. The quantitative estimate of drug-likeness (QED) is 0.754. The fraction of sp³-hybridized carbons (Fsp3) is 0.588. The molecule has 0 aromatic heterocycles. The van der Waals surface area contributed by atoms with Crippen LogP contribution in [0.3, 0.4) is 0 Å². The van der Waals surface area contributed by atoms with Crippen molar-refractivity contribution < 1.29 is 14.3 Å². The van der Waals surface area contributed by atoms with Crippen molar-refractivity contribution in [1.29, 1.82) is 0 Å². The molecule has 0 bridgehead atoms. The van der Waals surface area contributed by atoms with Crippen LogP contribution in [0.2, 0.25) is 0 Å². The van der Waals surface area contributed by atoms with Crippen LogP contribution in [0.15, 0.2) is 18.2 Å². The summed E-state index contributed by atoms with van der Waals surface area (Å²) in [4.78, 5) is 12.0. The van der Waals surface area contributed by atoms with Gasteiger partial charge in [0, 0.05) is 13.1 Å². The van der Waals surface area contributed by atoms with Crippen LogP contribution in [-0.4, -0.2) is 39.8 Å². The van der Waals surface area contributed by atoms with E-state index in [9.17, 15) is 4.79 Å². The number of aryl methyl sites for hydroxylation is 1. The number of carbonyl (C=O) groups is 1. The summed E-state index contributed by atoms with van der Waals surface area (Å²) in [6, 6.07) is 5.94. The van der Waals surface area contributed by atoms with Gasteiger partial charge in [-0.05, 0) is 49.9 Å². The van der Waals surface area contributed by atoms with E-state index in [0.29, 0.717) is 6.54 Å². The van der Waals surface area contributed by atoms with Gasteiger partial charge in [-0.2, -0.15) is 0 Å². The molecule has 22 heavy (non-hydrogen) atoms. The Kier molecular flexibility index (Phi) is 6.52. The van der Waals surface area contributed by atoms with E-state index >= 15 is 0 Å². The number of carbonyl (C=O) groups excluding carboxylic acids is 1. The average Bonchev–Trinajstić information content (AvgIpc) is 2.59.